The predicted molar refractivity (Wildman–Crippen MR) is 59.9 cm³/mol. The van der Waals surface area contributed by atoms with E-state index in [0.717, 1.165) is 22.9 Å². The average Bonchev–Trinajstić information content (AvgIpc) is 3.10. The number of nitrogens with one attached hydrogen (secondary N) is 1. The Balaban J connectivity index is 1.86. The Morgan fingerprint density at radius 2 is 2.27 bits per heavy atom. The van der Waals surface area contributed by atoms with Crippen LogP contribution in [0.2, 0.25) is 0 Å². The fourth-order valence-electron chi connectivity index (χ4n) is 2.60. The second-order valence-corrected chi connectivity index (χ2v) is 5.35. The maximum atomic E-state index is 9.22. The minimum atomic E-state index is 0.0773. The van der Waals surface area contributed by atoms with E-state index in [1.165, 1.54) is 25.7 Å². The fourth-order valence-corrected chi connectivity index (χ4v) is 2.84. The van der Waals surface area contributed by atoms with Crippen LogP contribution >= 0.6 is 12.2 Å². The third kappa shape index (κ3) is 1.56. The van der Waals surface area contributed by atoms with Crippen LogP contribution in [-0.2, 0) is 13.2 Å². The van der Waals surface area contributed by atoms with Crippen molar-refractivity contribution in [1.82, 2.24) is 9.55 Å². The van der Waals surface area contributed by atoms with Gasteiger partial charge < -0.3 is 14.7 Å². The van der Waals surface area contributed by atoms with Crippen LogP contribution in [0.15, 0.2) is 6.20 Å². The van der Waals surface area contributed by atoms with Crippen LogP contribution in [0, 0.1) is 16.1 Å². The minimum absolute atomic E-state index is 0.0773. The Labute approximate surface area is 94.1 Å². The van der Waals surface area contributed by atoms with Crippen molar-refractivity contribution in [3.8, 4) is 0 Å². The van der Waals surface area contributed by atoms with Crippen LogP contribution in [0.5, 0.6) is 0 Å². The highest BCUT2D eigenvalue weighted by molar-refractivity contribution is 7.71. The summed E-state index contributed by atoms with van der Waals surface area (Å²) in [6, 6.07) is 0. The van der Waals surface area contributed by atoms with E-state index in [1.807, 2.05) is 6.20 Å². The van der Waals surface area contributed by atoms with Crippen molar-refractivity contribution in [2.75, 3.05) is 0 Å². The highest BCUT2D eigenvalue weighted by Crippen LogP contribution is 2.62. The number of aromatic nitrogens is 2. The van der Waals surface area contributed by atoms with Gasteiger partial charge in [0, 0.05) is 12.7 Å². The second-order valence-electron chi connectivity index (χ2n) is 4.97. The van der Waals surface area contributed by atoms with Gasteiger partial charge in [-0.3, -0.25) is 0 Å². The van der Waals surface area contributed by atoms with E-state index in [0.29, 0.717) is 5.41 Å². The second kappa shape index (κ2) is 3.19. The number of hydrogen-bond donors (Lipinski definition) is 2. The molecule has 0 bridgehead atoms. The molecule has 2 aliphatic carbocycles. The van der Waals surface area contributed by atoms with Gasteiger partial charge in [-0.1, -0.05) is 0 Å². The molecule has 0 amide bonds. The molecule has 1 aromatic heterocycles. The topological polar surface area (TPSA) is 40.9 Å². The van der Waals surface area contributed by atoms with Gasteiger partial charge in [0.15, 0.2) is 4.77 Å². The summed E-state index contributed by atoms with van der Waals surface area (Å²) in [5.41, 5.74) is 1.46. The first-order valence-corrected chi connectivity index (χ1v) is 6.04. The number of nitrogens with zero attached hydrogens (tertiary/aromatic N) is 1. The summed E-state index contributed by atoms with van der Waals surface area (Å²) >= 11 is 5.24. The van der Waals surface area contributed by atoms with Crippen molar-refractivity contribution < 1.29 is 5.11 Å². The third-order valence-corrected chi connectivity index (χ3v) is 4.26. The zero-order valence-corrected chi connectivity index (χ0v) is 9.52. The van der Waals surface area contributed by atoms with E-state index in [1.54, 1.807) is 0 Å². The van der Waals surface area contributed by atoms with Crippen molar-refractivity contribution in [3.05, 3.63) is 16.7 Å². The SMILES string of the molecule is OCc1c[nH]c(=S)n1CC1(C2CC2)CC1. The smallest absolute Gasteiger partial charge is 0.177 e. The molecule has 4 heteroatoms. The van der Waals surface area contributed by atoms with Gasteiger partial charge >= 0.3 is 0 Å². The van der Waals surface area contributed by atoms with Crippen LogP contribution < -0.4 is 0 Å². The number of imidazole rings is 1. The van der Waals surface area contributed by atoms with E-state index in [9.17, 15) is 5.11 Å². The average molecular weight is 224 g/mol. The molecule has 0 saturated heterocycles. The van der Waals surface area contributed by atoms with Crippen LogP contribution in [0.4, 0.5) is 0 Å². The Bertz CT molecular complexity index is 426. The summed E-state index contributed by atoms with van der Waals surface area (Å²) in [4.78, 5) is 3.02. The van der Waals surface area contributed by atoms with Crippen molar-refractivity contribution in [3.63, 3.8) is 0 Å². The van der Waals surface area contributed by atoms with Gasteiger partial charge in [0.2, 0.25) is 0 Å². The summed E-state index contributed by atoms with van der Waals surface area (Å²) in [7, 11) is 0. The Hall–Kier alpha value is -0.610. The van der Waals surface area contributed by atoms with E-state index >= 15 is 0 Å². The molecule has 2 fully saturated rings. The number of aromatic amines is 1. The molecule has 1 aromatic rings. The van der Waals surface area contributed by atoms with Crippen molar-refractivity contribution in [2.45, 2.75) is 38.8 Å². The lowest BCUT2D eigenvalue weighted by Crippen LogP contribution is -2.15. The molecule has 2 N–H and O–H groups in total. The fraction of sp³-hybridized carbons (Fsp3) is 0.727. The molecule has 0 aromatic carbocycles. The number of hydrogen-bond acceptors (Lipinski definition) is 2. The summed E-state index contributed by atoms with van der Waals surface area (Å²) in [6.07, 6.45) is 7.30. The highest BCUT2D eigenvalue weighted by Gasteiger charge is 2.53. The first-order chi connectivity index (χ1) is 7.25. The summed E-state index contributed by atoms with van der Waals surface area (Å²) in [5, 5.41) is 9.22. The van der Waals surface area contributed by atoms with E-state index in [-0.39, 0.29) is 6.61 Å². The molecule has 0 unspecified atom stereocenters. The Morgan fingerprint density at radius 1 is 1.53 bits per heavy atom. The molecule has 15 heavy (non-hydrogen) atoms. The molecule has 3 rings (SSSR count). The molecule has 0 atom stereocenters. The van der Waals surface area contributed by atoms with E-state index < -0.39 is 0 Å². The number of rotatable bonds is 4. The zero-order valence-electron chi connectivity index (χ0n) is 8.70. The molecule has 1 heterocycles. The van der Waals surface area contributed by atoms with E-state index in [2.05, 4.69) is 9.55 Å². The van der Waals surface area contributed by atoms with Crippen molar-refractivity contribution >= 4 is 12.2 Å². The quantitative estimate of drug-likeness (QED) is 0.770. The first-order valence-electron chi connectivity index (χ1n) is 5.63. The van der Waals surface area contributed by atoms with Crippen molar-refractivity contribution in [2.24, 2.45) is 11.3 Å². The summed E-state index contributed by atoms with van der Waals surface area (Å²) in [5.74, 6) is 0.931. The normalized spacial score (nSPS) is 23.0. The van der Waals surface area contributed by atoms with Crippen LogP contribution in [0.25, 0.3) is 0 Å². The predicted octanol–water partition coefficient (Wildman–Crippen LogP) is 2.23. The van der Waals surface area contributed by atoms with Gasteiger partial charge in [-0.05, 0) is 49.2 Å². The maximum Gasteiger partial charge on any atom is 0.177 e. The summed E-state index contributed by atoms with van der Waals surface area (Å²) < 4.78 is 2.84. The zero-order chi connectivity index (χ0) is 10.5. The van der Waals surface area contributed by atoms with Gasteiger partial charge in [0.25, 0.3) is 0 Å². The van der Waals surface area contributed by atoms with Gasteiger partial charge in [-0.2, -0.15) is 0 Å². The van der Waals surface area contributed by atoms with Crippen LogP contribution in [-0.4, -0.2) is 14.7 Å². The summed E-state index contributed by atoms with van der Waals surface area (Å²) in [6.45, 7) is 1.09. The lowest BCUT2D eigenvalue weighted by molar-refractivity contribution is 0.262. The molecule has 0 aliphatic heterocycles. The number of H-pyrrole nitrogens is 1. The monoisotopic (exact) mass is 224 g/mol. The molecular formula is C11H16N2OS. The van der Waals surface area contributed by atoms with Gasteiger partial charge in [-0.15, -0.1) is 0 Å². The van der Waals surface area contributed by atoms with Gasteiger partial charge in [0.05, 0.1) is 12.3 Å². The lowest BCUT2D eigenvalue weighted by atomic mass is 10.0. The molecule has 3 nitrogen and oxygen atoms in total. The van der Waals surface area contributed by atoms with Gasteiger partial charge in [-0.25, -0.2) is 0 Å². The molecule has 0 spiro atoms. The largest absolute Gasteiger partial charge is 0.390 e. The molecule has 2 saturated carbocycles. The van der Waals surface area contributed by atoms with Crippen molar-refractivity contribution in [1.29, 1.82) is 0 Å². The highest BCUT2D eigenvalue weighted by atomic mass is 32.1. The molecular weight excluding hydrogens is 208 g/mol. The molecule has 82 valence electrons. The number of aliphatic hydroxyl groups excluding tert-OH is 1. The van der Waals surface area contributed by atoms with E-state index in [4.69, 9.17) is 12.2 Å². The van der Waals surface area contributed by atoms with Crippen LogP contribution in [0.3, 0.4) is 0 Å². The van der Waals surface area contributed by atoms with Gasteiger partial charge in [0.1, 0.15) is 0 Å². The molecule has 2 aliphatic rings. The molecule has 0 radical (unpaired) electrons. The van der Waals surface area contributed by atoms with Crippen LogP contribution in [0.1, 0.15) is 31.4 Å². The Kier molecular flexibility index (Phi) is 2.04. The maximum absolute atomic E-state index is 9.22. The first kappa shape index (κ1) is 9.60. The Morgan fingerprint density at radius 3 is 2.80 bits per heavy atom. The number of aliphatic hydroxyl groups is 1. The third-order valence-electron chi connectivity index (χ3n) is 3.92. The standard InChI is InChI=1S/C11H16N2OS/c14-6-9-5-12-10(15)13(9)7-11(3-4-11)8-1-2-8/h5,8,14H,1-4,6-7H2,(H,12,15). The lowest BCUT2D eigenvalue weighted by Gasteiger charge is -2.16. The minimum Gasteiger partial charge on any atom is -0.390 e.